The van der Waals surface area contributed by atoms with Crippen molar-refractivity contribution < 1.29 is 14.3 Å². The summed E-state index contributed by atoms with van der Waals surface area (Å²) in [5.41, 5.74) is 2.79. The SMILES string of the molecule is COc1ccc(-c2cc(C(=O)N3CCSC3)nn2-c2cccc(Cl)c2)cc1OC. The van der Waals surface area contributed by atoms with E-state index >= 15 is 0 Å². The average molecular weight is 430 g/mol. The average Bonchev–Trinajstić information content (AvgIpc) is 3.43. The van der Waals surface area contributed by atoms with Crippen LogP contribution >= 0.6 is 23.4 Å². The van der Waals surface area contributed by atoms with Crippen molar-refractivity contribution in [1.29, 1.82) is 0 Å². The van der Waals surface area contributed by atoms with Gasteiger partial charge in [-0.25, -0.2) is 4.68 Å². The molecule has 1 aromatic heterocycles. The summed E-state index contributed by atoms with van der Waals surface area (Å²) in [4.78, 5) is 14.7. The summed E-state index contributed by atoms with van der Waals surface area (Å²) in [5, 5.41) is 5.22. The van der Waals surface area contributed by atoms with Crippen molar-refractivity contribution in [1.82, 2.24) is 14.7 Å². The molecular weight excluding hydrogens is 410 g/mol. The molecule has 0 radical (unpaired) electrons. The third-order valence-corrected chi connectivity index (χ3v) is 5.90. The molecule has 1 saturated heterocycles. The summed E-state index contributed by atoms with van der Waals surface area (Å²) < 4.78 is 12.5. The Kier molecular flexibility index (Phi) is 5.69. The van der Waals surface area contributed by atoms with Gasteiger partial charge in [-0.15, -0.1) is 11.8 Å². The number of hydrogen-bond acceptors (Lipinski definition) is 5. The lowest BCUT2D eigenvalue weighted by molar-refractivity contribution is 0.0796. The standard InChI is InChI=1S/C21H20ClN3O3S/c1-27-19-7-6-14(10-20(19)28-2)18-12-17(21(26)24-8-9-29-13-24)23-25(18)16-5-3-4-15(22)11-16/h3-7,10-12H,8-9,13H2,1-2H3. The van der Waals surface area contributed by atoms with Gasteiger partial charge in [-0.05, 0) is 42.5 Å². The van der Waals surface area contributed by atoms with E-state index in [-0.39, 0.29) is 5.91 Å². The molecule has 0 bridgehead atoms. The van der Waals surface area contributed by atoms with E-state index in [4.69, 9.17) is 21.1 Å². The summed E-state index contributed by atoms with van der Waals surface area (Å²) in [6, 6.07) is 14.8. The van der Waals surface area contributed by atoms with E-state index in [0.29, 0.717) is 28.1 Å². The number of hydrogen-bond donors (Lipinski definition) is 0. The van der Waals surface area contributed by atoms with Gasteiger partial charge in [0.15, 0.2) is 17.2 Å². The summed E-state index contributed by atoms with van der Waals surface area (Å²) >= 11 is 7.94. The molecule has 4 rings (SSSR count). The lowest BCUT2D eigenvalue weighted by Gasteiger charge is -2.12. The van der Waals surface area contributed by atoms with Crippen LogP contribution in [0.25, 0.3) is 16.9 Å². The Bertz CT molecular complexity index is 1050. The molecule has 1 aliphatic heterocycles. The highest BCUT2D eigenvalue weighted by atomic mass is 35.5. The van der Waals surface area contributed by atoms with Crippen LogP contribution in [0.2, 0.25) is 5.02 Å². The van der Waals surface area contributed by atoms with E-state index in [1.54, 1.807) is 36.7 Å². The minimum atomic E-state index is -0.0718. The first-order chi connectivity index (χ1) is 14.1. The van der Waals surface area contributed by atoms with E-state index < -0.39 is 0 Å². The Morgan fingerprint density at radius 3 is 2.62 bits per heavy atom. The summed E-state index contributed by atoms with van der Waals surface area (Å²) in [6.45, 7) is 0.735. The molecule has 0 atom stereocenters. The van der Waals surface area contributed by atoms with Crippen LogP contribution < -0.4 is 9.47 Å². The van der Waals surface area contributed by atoms with E-state index in [1.807, 2.05) is 47.4 Å². The van der Waals surface area contributed by atoms with Gasteiger partial charge < -0.3 is 14.4 Å². The zero-order valence-electron chi connectivity index (χ0n) is 16.1. The highest BCUT2D eigenvalue weighted by Crippen LogP contribution is 2.34. The maximum atomic E-state index is 12.9. The molecule has 1 amide bonds. The van der Waals surface area contributed by atoms with Crippen LogP contribution in [-0.2, 0) is 0 Å². The Morgan fingerprint density at radius 1 is 1.10 bits per heavy atom. The maximum Gasteiger partial charge on any atom is 0.275 e. The van der Waals surface area contributed by atoms with Gasteiger partial charge >= 0.3 is 0 Å². The minimum Gasteiger partial charge on any atom is -0.493 e. The van der Waals surface area contributed by atoms with Crippen molar-refractivity contribution in [3.8, 4) is 28.4 Å². The van der Waals surface area contributed by atoms with E-state index in [9.17, 15) is 4.79 Å². The monoisotopic (exact) mass is 429 g/mol. The molecule has 0 unspecified atom stereocenters. The molecule has 1 aliphatic rings. The van der Waals surface area contributed by atoms with Crippen LogP contribution in [0, 0.1) is 0 Å². The fourth-order valence-electron chi connectivity index (χ4n) is 3.23. The number of methoxy groups -OCH3 is 2. The third-order valence-electron chi connectivity index (χ3n) is 4.70. The molecule has 2 heterocycles. The zero-order chi connectivity index (χ0) is 20.4. The Hall–Kier alpha value is -2.64. The van der Waals surface area contributed by atoms with Crippen molar-refractivity contribution >= 4 is 29.3 Å². The van der Waals surface area contributed by atoms with Gasteiger partial charge in [0.25, 0.3) is 5.91 Å². The molecule has 29 heavy (non-hydrogen) atoms. The number of aromatic nitrogens is 2. The number of carbonyl (C=O) groups excluding carboxylic acids is 1. The van der Waals surface area contributed by atoms with Gasteiger partial charge in [-0.2, -0.15) is 5.10 Å². The molecule has 2 aromatic carbocycles. The Labute approximate surface area is 178 Å². The second kappa shape index (κ2) is 8.39. The molecule has 1 fully saturated rings. The van der Waals surface area contributed by atoms with Crippen LogP contribution in [0.1, 0.15) is 10.5 Å². The van der Waals surface area contributed by atoms with E-state index in [0.717, 1.165) is 29.2 Å². The first-order valence-electron chi connectivity index (χ1n) is 9.06. The fourth-order valence-corrected chi connectivity index (χ4v) is 4.36. The molecule has 0 aliphatic carbocycles. The predicted molar refractivity (Wildman–Crippen MR) is 115 cm³/mol. The molecule has 6 nitrogen and oxygen atoms in total. The van der Waals surface area contributed by atoms with Gasteiger partial charge in [0, 0.05) is 22.9 Å². The van der Waals surface area contributed by atoms with Crippen LogP contribution in [0.3, 0.4) is 0 Å². The van der Waals surface area contributed by atoms with Crippen molar-refractivity contribution in [3.63, 3.8) is 0 Å². The first-order valence-corrected chi connectivity index (χ1v) is 10.6. The van der Waals surface area contributed by atoms with Gasteiger partial charge in [-0.1, -0.05) is 17.7 Å². The second-order valence-electron chi connectivity index (χ2n) is 6.48. The molecule has 150 valence electrons. The second-order valence-corrected chi connectivity index (χ2v) is 7.99. The van der Waals surface area contributed by atoms with E-state index in [2.05, 4.69) is 5.10 Å². The number of benzene rings is 2. The third kappa shape index (κ3) is 3.93. The predicted octanol–water partition coefficient (Wildman–Crippen LogP) is 4.36. The largest absolute Gasteiger partial charge is 0.493 e. The smallest absolute Gasteiger partial charge is 0.275 e. The molecular formula is C21H20ClN3O3S. The number of ether oxygens (including phenoxy) is 2. The molecule has 3 aromatic rings. The number of nitrogens with zero attached hydrogens (tertiary/aromatic N) is 3. The quantitative estimate of drug-likeness (QED) is 0.603. The highest BCUT2D eigenvalue weighted by Gasteiger charge is 2.24. The first kappa shape index (κ1) is 19.7. The molecule has 8 heteroatoms. The molecule has 0 N–H and O–H groups in total. The van der Waals surface area contributed by atoms with Crippen molar-refractivity contribution in [2.45, 2.75) is 0 Å². The lowest BCUT2D eigenvalue weighted by Crippen LogP contribution is -2.28. The Balaban J connectivity index is 1.84. The number of rotatable bonds is 5. The van der Waals surface area contributed by atoms with Crippen LogP contribution in [0.15, 0.2) is 48.5 Å². The number of thioether (sulfide) groups is 1. The fraction of sp³-hybridized carbons (Fsp3) is 0.238. The highest BCUT2D eigenvalue weighted by molar-refractivity contribution is 7.99. The minimum absolute atomic E-state index is 0.0718. The lowest BCUT2D eigenvalue weighted by atomic mass is 10.1. The topological polar surface area (TPSA) is 56.6 Å². The van der Waals surface area contributed by atoms with Crippen molar-refractivity contribution in [2.75, 3.05) is 32.4 Å². The summed E-state index contributed by atoms with van der Waals surface area (Å²) in [5.74, 6) is 2.80. The van der Waals surface area contributed by atoms with Gasteiger partial charge in [0.2, 0.25) is 0 Å². The number of carbonyl (C=O) groups is 1. The van der Waals surface area contributed by atoms with Crippen molar-refractivity contribution in [2.24, 2.45) is 0 Å². The Morgan fingerprint density at radius 2 is 1.93 bits per heavy atom. The van der Waals surface area contributed by atoms with Gasteiger partial charge in [0.05, 0.1) is 31.5 Å². The normalized spacial score (nSPS) is 13.6. The summed E-state index contributed by atoms with van der Waals surface area (Å²) in [6.07, 6.45) is 0. The summed E-state index contributed by atoms with van der Waals surface area (Å²) in [7, 11) is 3.19. The number of halogens is 1. The van der Waals surface area contributed by atoms with Crippen LogP contribution in [0.5, 0.6) is 11.5 Å². The molecule has 0 spiro atoms. The number of amides is 1. The van der Waals surface area contributed by atoms with Gasteiger partial charge in [0.1, 0.15) is 0 Å². The van der Waals surface area contributed by atoms with Gasteiger partial charge in [-0.3, -0.25) is 4.79 Å². The molecule has 0 saturated carbocycles. The zero-order valence-corrected chi connectivity index (χ0v) is 17.7. The van der Waals surface area contributed by atoms with E-state index in [1.165, 1.54) is 0 Å². The van der Waals surface area contributed by atoms with Crippen molar-refractivity contribution in [3.05, 3.63) is 59.2 Å². The maximum absolute atomic E-state index is 12.9. The van der Waals surface area contributed by atoms with Crippen LogP contribution in [0.4, 0.5) is 0 Å². The van der Waals surface area contributed by atoms with Crippen LogP contribution in [-0.4, -0.2) is 53.0 Å².